The van der Waals surface area contributed by atoms with Crippen molar-refractivity contribution < 1.29 is 28.4 Å². The van der Waals surface area contributed by atoms with Crippen molar-refractivity contribution in [2.75, 3.05) is 43.1 Å². The number of nitrogens with zero attached hydrogens (tertiary/aromatic N) is 2. The molecule has 37 heavy (non-hydrogen) atoms. The number of para-hydroxylation sites is 1. The number of carbonyl (C=O) groups is 2. The van der Waals surface area contributed by atoms with Crippen molar-refractivity contribution in [1.29, 1.82) is 0 Å². The van der Waals surface area contributed by atoms with Crippen molar-refractivity contribution in [2.24, 2.45) is 0 Å². The minimum absolute atomic E-state index is 0.0704. The highest BCUT2D eigenvalue weighted by Crippen LogP contribution is 2.31. The van der Waals surface area contributed by atoms with E-state index in [2.05, 4.69) is 10.2 Å². The number of amides is 1. The lowest BCUT2D eigenvalue weighted by atomic mass is 10.1. The van der Waals surface area contributed by atoms with Crippen LogP contribution in [0.25, 0.3) is 17.4 Å². The number of morpholine rings is 1. The van der Waals surface area contributed by atoms with Crippen LogP contribution >= 0.6 is 0 Å². The normalized spacial score (nSPS) is 13.5. The summed E-state index contributed by atoms with van der Waals surface area (Å²) in [5.74, 6) is -0.208. The Balaban J connectivity index is 1.48. The fourth-order valence-corrected chi connectivity index (χ4v) is 3.90. The molecule has 0 atom stereocenters. The van der Waals surface area contributed by atoms with Gasteiger partial charge >= 0.3 is 5.97 Å². The zero-order valence-corrected chi connectivity index (χ0v) is 20.3. The number of nitrogens with one attached hydrogen (secondary N) is 1. The summed E-state index contributed by atoms with van der Waals surface area (Å²) >= 11 is 0. The van der Waals surface area contributed by atoms with Crippen molar-refractivity contribution in [3.8, 4) is 11.3 Å². The SMILES string of the molecule is CCCOC(=O)c1cc(NC(=O)/C=C/c2ccc(-c3ccccc3[N+](=O)[O-])o2)ccc1N1CCOCC1. The summed E-state index contributed by atoms with van der Waals surface area (Å²) in [5, 5.41) is 14.0. The molecule has 0 spiro atoms. The van der Waals surface area contributed by atoms with Gasteiger partial charge in [0.2, 0.25) is 5.91 Å². The molecular formula is C27H27N3O7. The van der Waals surface area contributed by atoms with E-state index in [4.69, 9.17) is 13.9 Å². The number of ether oxygens (including phenoxy) is 2. The average molecular weight is 506 g/mol. The highest BCUT2D eigenvalue weighted by atomic mass is 16.6. The van der Waals surface area contributed by atoms with Crippen LogP contribution < -0.4 is 10.2 Å². The highest BCUT2D eigenvalue weighted by molar-refractivity contribution is 6.03. The zero-order valence-electron chi connectivity index (χ0n) is 20.3. The third kappa shape index (κ3) is 6.42. The minimum Gasteiger partial charge on any atom is -0.462 e. The van der Waals surface area contributed by atoms with E-state index in [1.807, 2.05) is 6.92 Å². The topological polar surface area (TPSA) is 124 Å². The Morgan fingerprint density at radius 2 is 1.92 bits per heavy atom. The number of nitro benzene ring substituents is 1. The number of anilines is 2. The van der Waals surface area contributed by atoms with Gasteiger partial charge in [0.25, 0.3) is 5.69 Å². The Labute approximate surface area is 213 Å². The summed E-state index contributed by atoms with van der Waals surface area (Å²) in [7, 11) is 0. The summed E-state index contributed by atoms with van der Waals surface area (Å²) < 4.78 is 16.5. The van der Waals surface area contributed by atoms with Gasteiger partial charge in [0.05, 0.1) is 41.6 Å². The number of esters is 1. The van der Waals surface area contributed by atoms with Gasteiger partial charge in [-0.05, 0) is 48.9 Å². The molecule has 0 radical (unpaired) electrons. The van der Waals surface area contributed by atoms with Gasteiger partial charge in [-0.15, -0.1) is 0 Å². The largest absolute Gasteiger partial charge is 0.462 e. The van der Waals surface area contributed by atoms with Gasteiger partial charge in [-0.1, -0.05) is 19.1 Å². The van der Waals surface area contributed by atoms with Crippen LogP contribution in [-0.4, -0.2) is 49.7 Å². The van der Waals surface area contributed by atoms with Gasteiger partial charge < -0.3 is 24.1 Å². The van der Waals surface area contributed by atoms with Gasteiger partial charge in [0.15, 0.2) is 0 Å². The van der Waals surface area contributed by atoms with Crippen molar-refractivity contribution in [3.05, 3.63) is 82.1 Å². The first-order chi connectivity index (χ1) is 18.0. The number of furan rings is 1. The molecule has 4 rings (SSSR count). The molecule has 0 saturated carbocycles. The van der Waals surface area contributed by atoms with E-state index in [1.165, 1.54) is 18.2 Å². The molecule has 1 N–H and O–H groups in total. The van der Waals surface area contributed by atoms with Crippen molar-refractivity contribution >= 4 is 35.0 Å². The maximum atomic E-state index is 12.7. The average Bonchev–Trinajstić information content (AvgIpc) is 3.40. The molecule has 3 aromatic rings. The highest BCUT2D eigenvalue weighted by Gasteiger charge is 2.21. The van der Waals surface area contributed by atoms with Gasteiger partial charge in [-0.25, -0.2) is 4.79 Å². The number of carbonyl (C=O) groups excluding carboxylic acids is 2. The van der Waals surface area contributed by atoms with Crippen LogP contribution in [0.2, 0.25) is 0 Å². The van der Waals surface area contributed by atoms with Crippen LogP contribution in [0.15, 0.2) is 65.1 Å². The fraction of sp³-hybridized carbons (Fsp3) is 0.259. The maximum Gasteiger partial charge on any atom is 0.340 e. The molecule has 10 heteroatoms. The van der Waals surface area contributed by atoms with Crippen LogP contribution in [0, 0.1) is 10.1 Å². The molecule has 10 nitrogen and oxygen atoms in total. The Kier molecular flexibility index (Phi) is 8.32. The number of hydrogen-bond acceptors (Lipinski definition) is 8. The second-order valence-electron chi connectivity index (χ2n) is 8.27. The van der Waals surface area contributed by atoms with E-state index in [-0.39, 0.29) is 5.69 Å². The van der Waals surface area contributed by atoms with E-state index in [1.54, 1.807) is 48.5 Å². The van der Waals surface area contributed by atoms with E-state index >= 15 is 0 Å². The molecule has 2 heterocycles. The first kappa shape index (κ1) is 25.6. The molecule has 2 aromatic carbocycles. The molecule has 0 aliphatic carbocycles. The maximum absolute atomic E-state index is 12.7. The van der Waals surface area contributed by atoms with E-state index in [9.17, 15) is 19.7 Å². The number of benzene rings is 2. The molecule has 1 aliphatic rings. The molecule has 1 fully saturated rings. The van der Waals surface area contributed by atoms with E-state index < -0.39 is 16.8 Å². The van der Waals surface area contributed by atoms with Gasteiger partial charge in [0.1, 0.15) is 11.5 Å². The third-order valence-corrected chi connectivity index (χ3v) is 5.67. The Hall–Kier alpha value is -4.44. The van der Waals surface area contributed by atoms with Crippen LogP contribution in [-0.2, 0) is 14.3 Å². The van der Waals surface area contributed by atoms with E-state index in [0.29, 0.717) is 67.7 Å². The molecule has 192 valence electrons. The second-order valence-corrected chi connectivity index (χ2v) is 8.27. The first-order valence-electron chi connectivity index (χ1n) is 11.9. The van der Waals surface area contributed by atoms with Crippen molar-refractivity contribution in [3.63, 3.8) is 0 Å². The summed E-state index contributed by atoms with van der Waals surface area (Å²) in [6.07, 6.45) is 3.45. The second kappa shape index (κ2) is 12.0. The smallest absolute Gasteiger partial charge is 0.340 e. The molecule has 1 aromatic heterocycles. The molecule has 0 bridgehead atoms. The van der Waals surface area contributed by atoms with Crippen LogP contribution in [0.1, 0.15) is 29.5 Å². The summed E-state index contributed by atoms with van der Waals surface area (Å²) in [4.78, 5) is 38.2. The summed E-state index contributed by atoms with van der Waals surface area (Å²) in [6, 6.07) is 14.6. The fourth-order valence-electron chi connectivity index (χ4n) is 3.90. The monoisotopic (exact) mass is 505 g/mol. The number of hydrogen-bond donors (Lipinski definition) is 1. The van der Waals surface area contributed by atoms with E-state index in [0.717, 1.165) is 5.69 Å². The molecule has 1 saturated heterocycles. The van der Waals surface area contributed by atoms with Gasteiger partial charge in [-0.2, -0.15) is 0 Å². The Morgan fingerprint density at radius 3 is 2.68 bits per heavy atom. The summed E-state index contributed by atoms with van der Waals surface area (Å²) in [6.45, 7) is 4.66. The lowest BCUT2D eigenvalue weighted by Crippen LogP contribution is -2.37. The molecule has 1 amide bonds. The molecular weight excluding hydrogens is 478 g/mol. The standard InChI is InChI=1S/C27H27N3O7/c1-2-15-36-27(32)22-18-19(7-10-23(22)29-13-16-35-17-14-29)28-26(31)12-9-20-8-11-25(37-20)21-5-3-4-6-24(21)30(33)34/h3-12,18H,2,13-17H2,1H3,(H,28,31)/b12-9+. The molecule has 1 aliphatic heterocycles. The zero-order chi connectivity index (χ0) is 26.2. The van der Waals surface area contributed by atoms with Crippen LogP contribution in [0.4, 0.5) is 17.1 Å². The third-order valence-electron chi connectivity index (χ3n) is 5.67. The first-order valence-corrected chi connectivity index (χ1v) is 11.9. The van der Waals surface area contributed by atoms with Gasteiger partial charge in [0, 0.05) is 30.9 Å². The minimum atomic E-state index is -0.475. The van der Waals surface area contributed by atoms with Crippen molar-refractivity contribution in [2.45, 2.75) is 13.3 Å². The Morgan fingerprint density at radius 1 is 1.14 bits per heavy atom. The van der Waals surface area contributed by atoms with Crippen LogP contribution in [0.3, 0.4) is 0 Å². The van der Waals surface area contributed by atoms with Crippen molar-refractivity contribution in [1.82, 2.24) is 0 Å². The molecule has 0 unspecified atom stereocenters. The number of rotatable bonds is 9. The predicted octanol–water partition coefficient (Wildman–Crippen LogP) is 4.91. The summed E-state index contributed by atoms with van der Waals surface area (Å²) in [5.41, 5.74) is 1.82. The lowest BCUT2D eigenvalue weighted by Gasteiger charge is -2.30. The van der Waals surface area contributed by atoms with Crippen LogP contribution in [0.5, 0.6) is 0 Å². The number of nitro groups is 1. The lowest BCUT2D eigenvalue weighted by molar-refractivity contribution is -0.384. The van der Waals surface area contributed by atoms with Gasteiger partial charge in [-0.3, -0.25) is 14.9 Å². The Bertz CT molecular complexity index is 1310. The predicted molar refractivity (Wildman–Crippen MR) is 139 cm³/mol. The quantitative estimate of drug-likeness (QED) is 0.188.